The van der Waals surface area contributed by atoms with Crippen LogP contribution in [0.4, 0.5) is 5.13 Å². The average molecular weight is 433 g/mol. The summed E-state index contributed by atoms with van der Waals surface area (Å²) in [5, 5.41) is 9.29. The first-order valence-corrected chi connectivity index (χ1v) is 10.3. The van der Waals surface area contributed by atoms with Gasteiger partial charge in [-0.2, -0.15) is 0 Å². The fourth-order valence-corrected chi connectivity index (χ4v) is 5.14. The number of rotatable bonds is 2. The first-order valence-electron chi connectivity index (χ1n) is 8.71. The van der Waals surface area contributed by atoms with Gasteiger partial charge in [-0.25, -0.2) is 4.98 Å². The van der Waals surface area contributed by atoms with Crippen LogP contribution < -0.4 is 4.90 Å². The van der Waals surface area contributed by atoms with Crippen LogP contribution >= 0.6 is 27.3 Å². The lowest BCUT2D eigenvalue weighted by Gasteiger charge is -2.34. The summed E-state index contributed by atoms with van der Waals surface area (Å²) in [6.07, 6.45) is 1.97. The van der Waals surface area contributed by atoms with Crippen LogP contribution in [-0.4, -0.2) is 56.7 Å². The summed E-state index contributed by atoms with van der Waals surface area (Å²) >= 11 is 5.21. The topological polar surface area (TPSA) is 67.2 Å². The molecule has 2 aromatic heterocycles. The molecule has 3 aromatic rings. The molecular formula is C17H17BrN6OS. The number of carbonyl (C=O) groups is 1. The third kappa shape index (κ3) is 2.69. The van der Waals surface area contributed by atoms with Gasteiger partial charge in [0.1, 0.15) is 5.82 Å². The highest BCUT2D eigenvalue weighted by molar-refractivity contribution is 9.10. The third-order valence-corrected chi connectivity index (χ3v) is 6.55. The number of hydrogen-bond acceptors (Lipinski definition) is 6. The Kier molecular flexibility index (Phi) is 3.93. The second kappa shape index (κ2) is 6.31. The van der Waals surface area contributed by atoms with Gasteiger partial charge < -0.3 is 14.4 Å². The zero-order valence-corrected chi connectivity index (χ0v) is 16.5. The third-order valence-electron chi connectivity index (χ3n) is 4.98. The zero-order valence-electron chi connectivity index (χ0n) is 14.1. The molecule has 0 saturated carbocycles. The summed E-state index contributed by atoms with van der Waals surface area (Å²) in [5.74, 6) is 1.43. The van der Waals surface area contributed by atoms with E-state index in [9.17, 15) is 4.79 Å². The first-order chi connectivity index (χ1) is 12.7. The van der Waals surface area contributed by atoms with E-state index < -0.39 is 0 Å². The van der Waals surface area contributed by atoms with Crippen molar-refractivity contribution in [1.29, 1.82) is 0 Å². The van der Waals surface area contributed by atoms with E-state index in [1.807, 2.05) is 21.6 Å². The molecule has 0 N–H and O–H groups in total. The van der Waals surface area contributed by atoms with E-state index >= 15 is 0 Å². The van der Waals surface area contributed by atoms with E-state index in [4.69, 9.17) is 4.98 Å². The van der Waals surface area contributed by atoms with Crippen molar-refractivity contribution in [3.63, 3.8) is 0 Å². The van der Waals surface area contributed by atoms with E-state index in [2.05, 4.69) is 37.1 Å². The Morgan fingerprint density at radius 2 is 1.96 bits per heavy atom. The summed E-state index contributed by atoms with van der Waals surface area (Å²) in [6, 6.07) is 6.15. The fourth-order valence-electron chi connectivity index (χ4n) is 3.57. The molecule has 0 atom stereocenters. The summed E-state index contributed by atoms with van der Waals surface area (Å²) in [4.78, 5) is 21.7. The van der Waals surface area contributed by atoms with Crippen molar-refractivity contribution >= 4 is 48.5 Å². The lowest BCUT2D eigenvalue weighted by molar-refractivity contribution is 0.0729. The van der Waals surface area contributed by atoms with Gasteiger partial charge in [0.05, 0.1) is 10.2 Å². The number of aromatic nitrogens is 4. The number of nitrogens with zero attached hydrogens (tertiary/aromatic N) is 6. The molecule has 7 nitrogen and oxygen atoms in total. The molecule has 9 heteroatoms. The van der Waals surface area contributed by atoms with Crippen LogP contribution in [-0.2, 0) is 13.0 Å². The second-order valence-corrected chi connectivity index (χ2v) is 8.51. The molecular weight excluding hydrogens is 416 g/mol. The molecule has 2 aliphatic rings. The normalized spacial score (nSPS) is 17.1. The number of thiazole rings is 1. The lowest BCUT2D eigenvalue weighted by atomic mass is 10.3. The minimum absolute atomic E-state index is 0.00136. The maximum absolute atomic E-state index is 12.8. The summed E-state index contributed by atoms with van der Waals surface area (Å²) in [5.41, 5.74) is 1.02. The molecule has 1 aromatic carbocycles. The first kappa shape index (κ1) is 16.2. The number of fused-ring (bicyclic) bond motifs is 2. The Hall–Kier alpha value is -2.00. The van der Waals surface area contributed by atoms with E-state index in [0.29, 0.717) is 18.9 Å². The zero-order chi connectivity index (χ0) is 17.7. The Balaban J connectivity index is 1.30. The summed E-state index contributed by atoms with van der Waals surface area (Å²) in [7, 11) is 0. The van der Waals surface area contributed by atoms with Crippen molar-refractivity contribution in [1.82, 2.24) is 24.6 Å². The highest BCUT2D eigenvalue weighted by Crippen LogP contribution is 2.31. The van der Waals surface area contributed by atoms with Crippen molar-refractivity contribution in [3.8, 4) is 0 Å². The molecule has 2 aliphatic heterocycles. The predicted octanol–water partition coefficient (Wildman–Crippen LogP) is 2.56. The largest absolute Gasteiger partial charge is 0.345 e. The van der Waals surface area contributed by atoms with Gasteiger partial charge in [-0.05, 0) is 24.6 Å². The van der Waals surface area contributed by atoms with E-state index in [0.717, 1.165) is 53.4 Å². The molecule has 0 bridgehead atoms. The van der Waals surface area contributed by atoms with E-state index in [1.54, 1.807) is 11.3 Å². The molecule has 4 heterocycles. The van der Waals surface area contributed by atoms with Crippen molar-refractivity contribution in [2.75, 3.05) is 31.1 Å². The molecule has 134 valence electrons. The lowest BCUT2D eigenvalue weighted by Crippen LogP contribution is -2.49. The number of amides is 1. The van der Waals surface area contributed by atoms with Crippen LogP contribution in [0.25, 0.3) is 10.2 Å². The summed E-state index contributed by atoms with van der Waals surface area (Å²) < 4.78 is 4.21. The van der Waals surface area contributed by atoms with E-state index in [1.165, 1.54) is 4.70 Å². The number of carbonyl (C=O) groups excluding carboxylic acids is 1. The van der Waals surface area contributed by atoms with Gasteiger partial charge in [-0.1, -0.05) is 27.3 Å². The average Bonchev–Trinajstić information content (AvgIpc) is 3.36. The minimum atomic E-state index is -0.00136. The quantitative estimate of drug-likeness (QED) is 0.622. The smallest absolute Gasteiger partial charge is 0.291 e. The molecule has 0 spiro atoms. The number of benzene rings is 1. The molecule has 0 unspecified atom stereocenters. The van der Waals surface area contributed by atoms with Gasteiger partial charge in [0, 0.05) is 43.6 Å². The van der Waals surface area contributed by atoms with Gasteiger partial charge in [-0.3, -0.25) is 4.79 Å². The molecule has 1 fully saturated rings. The van der Waals surface area contributed by atoms with Crippen molar-refractivity contribution in [3.05, 3.63) is 34.3 Å². The Morgan fingerprint density at radius 3 is 2.81 bits per heavy atom. The highest BCUT2D eigenvalue weighted by Gasteiger charge is 2.29. The van der Waals surface area contributed by atoms with Crippen LogP contribution in [0.3, 0.4) is 0 Å². The predicted molar refractivity (Wildman–Crippen MR) is 104 cm³/mol. The standard InChI is InChI=1S/C17H17BrN6OS/c18-11-3-4-12-13(10-11)26-17(19-12)23-8-6-22(7-9-23)16(25)15-21-20-14-2-1-5-24(14)15/h3-4,10H,1-2,5-9H2. The Labute approximate surface area is 162 Å². The van der Waals surface area contributed by atoms with Crippen LogP contribution in [0.2, 0.25) is 0 Å². The molecule has 0 aliphatic carbocycles. The highest BCUT2D eigenvalue weighted by atomic mass is 79.9. The van der Waals surface area contributed by atoms with Gasteiger partial charge in [0.2, 0.25) is 5.82 Å². The van der Waals surface area contributed by atoms with Crippen molar-refractivity contribution in [2.24, 2.45) is 0 Å². The van der Waals surface area contributed by atoms with Gasteiger partial charge >= 0.3 is 0 Å². The number of halogens is 1. The van der Waals surface area contributed by atoms with Crippen LogP contribution in [0.5, 0.6) is 0 Å². The molecule has 1 saturated heterocycles. The summed E-state index contributed by atoms with van der Waals surface area (Å²) in [6.45, 7) is 3.79. The number of aryl methyl sites for hydroxylation is 1. The minimum Gasteiger partial charge on any atom is -0.345 e. The molecule has 0 radical (unpaired) electrons. The van der Waals surface area contributed by atoms with Gasteiger partial charge in [0.25, 0.3) is 5.91 Å². The number of anilines is 1. The Morgan fingerprint density at radius 1 is 1.12 bits per heavy atom. The Bertz CT molecular complexity index is 990. The van der Waals surface area contributed by atoms with Crippen LogP contribution in [0.1, 0.15) is 22.9 Å². The number of piperazine rings is 1. The van der Waals surface area contributed by atoms with Crippen molar-refractivity contribution in [2.45, 2.75) is 19.4 Å². The molecule has 1 amide bonds. The molecule has 26 heavy (non-hydrogen) atoms. The maximum atomic E-state index is 12.8. The molecule has 5 rings (SSSR count). The van der Waals surface area contributed by atoms with Crippen molar-refractivity contribution < 1.29 is 4.79 Å². The van der Waals surface area contributed by atoms with Crippen LogP contribution in [0.15, 0.2) is 22.7 Å². The van der Waals surface area contributed by atoms with Gasteiger partial charge in [-0.15, -0.1) is 10.2 Å². The number of hydrogen-bond donors (Lipinski definition) is 0. The maximum Gasteiger partial charge on any atom is 0.291 e. The van der Waals surface area contributed by atoms with Gasteiger partial charge in [0.15, 0.2) is 5.13 Å². The SMILES string of the molecule is O=C(c1nnc2n1CCC2)N1CCN(c2nc3ccc(Br)cc3s2)CC1. The second-order valence-electron chi connectivity index (χ2n) is 6.58. The monoisotopic (exact) mass is 432 g/mol. The van der Waals surface area contributed by atoms with Crippen LogP contribution in [0, 0.1) is 0 Å². The fraction of sp³-hybridized carbons (Fsp3) is 0.412. The van der Waals surface area contributed by atoms with E-state index in [-0.39, 0.29) is 5.91 Å².